The zero-order valence-electron chi connectivity index (χ0n) is 22.9. The summed E-state index contributed by atoms with van der Waals surface area (Å²) in [5.41, 5.74) is 4.33. The fourth-order valence-corrected chi connectivity index (χ4v) is 5.13. The van der Waals surface area contributed by atoms with Gasteiger partial charge in [0, 0.05) is 17.6 Å². The van der Waals surface area contributed by atoms with E-state index in [0.717, 1.165) is 39.1 Å². The number of aromatic amines is 1. The number of aryl methyl sites for hydroxylation is 1. The third kappa shape index (κ3) is 5.80. The summed E-state index contributed by atoms with van der Waals surface area (Å²) in [5.74, 6) is 2.10. The number of hydrogen-bond acceptors (Lipinski definition) is 7. The van der Waals surface area contributed by atoms with Crippen LogP contribution in [0.3, 0.4) is 0 Å². The molecule has 3 heterocycles. The van der Waals surface area contributed by atoms with Crippen LogP contribution in [0, 0.1) is 6.92 Å². The first-order valence-corrected chi connectivity index (χ1v) is 13.4. The highest BCUT2D eigenvalue weighted by Gasteiger charge is 2.31. The molecule has 0 aliphatic rings. The van der Waals surface area contributed by atoms with Crippen molar-refractivity contribution in [1.29, 1.82) is 0 Å². The number of nitrogens with zero attached hydrogens (tertiary/aromatic N) is 5. The molecule has 0 unspecified atom stereocenters. The van der Waals surface area contributed by atoms with E-state index in [2.05, 4.69) is 31.5 Å². The van der Waals surface area contributed by atoms with E-state index in [-0.39, 0.29) is 5.56 Å². The fourth-order valence-electron chi connectivity index (χ4n) is 5.13. The van der Waals surface area contributed by atoms with E-state index >= 15 is 0 Å². The SMILES string of the molecule is COc1ccc(CN(Cc2ccco2)[C@H](c2cc3cc(C)ccc3[nH]c2=O)c2nnnn2Cc2ccccc2)cc1. The molecule has 0 amide bonds. The lowest BCUT2D eigenvalue weighted by atomic mass is 10.0. The molecule has 0 aliphatic carbocycles. The smallest absolute Gasteiger partial charge is 0.253 e. The molecule has 0 spiro atoms. The number of nitrogens with one attached hydrogen (secondary N) is 1. The summed E-state index contributed by atoms with van der Waals surface area (Å²) in [5, 5.41) is 13.9. The lowest BCUT2D eigenvalue weighted by molar-refractivity contribution is 0.179. The van der Waals surface area contributed by atoms with Crippen molar-refractivity contribution < 1.29 is 9.15 Å². The van der Waals surface area contributed by atoms with Gasteiger partial charge in [-0.25, -0.2) is 4.68 Å². The number of hydrogen-bond donors (Lipinski definition) is 1. The van der Waals surface area contributed by atoms with Gasteiger partial charge >= 0.3 is 0 Å². The minimum atomic E-state index is -0.588. The Labute approximate surface area is 237 Å². The zero-order valence-corrected chi connectivity index (χ0v) is 22.9. The molecule has 6 rings (SSSR count). The summed E-state index contributed by atoms with van der Waals surface area (Å²) in [4.78, 5) is 19.0. The Morgan fingerprint density at radius 3 is 2.54 bits per heavy atom. The first kappa shape index (κ1) is 26.2. The molecule has 0 aliphatic heterocycles. The van der Waals surface area contributed by atoms with Crippen LogP contribution in [0.5, 0.6) is 5.75 Å². The molecule has 0 radical (unpaired) electrons. The lowest BCUT2D eigenvalue weighted by Gasteiger charge is -2.30. The zero-order chi connectivity index (χ0) is 28.2. The van der Waals surface area contributed by atoms with E-state index in [1.165, 1.54) is 0 Å². The quantitative estimate of drug-likeness (QED) is 0.250. The first-order chi connectivity index (χ1) is 20.1. The number of ether oxygens (including phenoxy) is 1. The normalized spacial score (nSPS) is 12.2. The molecule has 1 atom stereocenters. The van der Waals surface area contributed by atoms with Crippen molar-refractivity contribution >= 4 is 10.9 Å². The highest BCUT2D eigenvalue weighted by molar-refractivity contribution is 5.79. The van der Waals surface area contributed by atoms with E-state index in [4.69, 9.17) is 9.15 Å². The molecule has 9 heteroatoms. The highest BCUT2D eigenvalue weighted by atomic mass is 16.5. The van der Waals surface area contributed by atoms with Gasteiger partial charge in [-0.1, -0.05) is 54.1 Å². The van der Waals surface area contributed by atoms with E-state index < -0.39 is 6.04 Å². The molecular weight excluding hydrogens is 516 g/mol. The standard InChI is InChI=1S/C32H30N6O3/c1-22-10-15-29-25(17-22)18-28(32(39)33-29)30(31-34-35-36-38(31)20-23-7-4-3-5-8-23)37(21-27-9-6-16-41-27)19-24-11-13-26(40-2)14-12-24/h3-18,30H,19-21H2,1-2H3,(H,33,39)/t30-/m1/s1. The van der Waals surface area contributed by atoms with Gasteiger partial charge in [0.25, 0.3) is 5.56 Å². The van der Waals surface area contributed by atoms with Gasteiger partial charge in [0.1, 0.15) is 17.6 Å². The van der Waals surface area contributed by atoms with Crippen molar-refractivity contribution in [3.05, 3.63) is 141 Å². The first-order valence-electron chi connectivity index (χ1n) is 13.4. The van der Waals surface area contributed by atoms with E-state index in [0.29, 0.717) is 31.0 Å². The Balaban J connectivity index is 1.51. The van der Waals surface area contributed by atoms with Crippen LogP contribution in [-0.4, -0.2) is 37.2 Å². The summed E-state index contributed by atoms with van der Waals surface area (Å²) >= 11 is 0. The predicted molar refractivity (Wildman–Crippen MR) is 155 cm³/mol. The summed E-state index contributed by atoms with van der Waals surface area (Å²) in [7, 11) is 1.65. The van der Waals surface area contributed by atoms with Crippen LogP contribution >= 0.6 is 0 Å². The topological polar surface area (TPSA) is 102 Å². The number of furan rings is 1. The number of benzene rings is 3. The number of tetrazole rings is 1. The maximum Gasteiger partial charge on any atom is 0.253 e. The predicted octanol–water partition coefficient (Wildman–Crippen LogP) is 5.26. The molecule has 206 valence electrons. The number of rotatable bonds is 10. The molecule has 0 fully saturated rings. The Kier molecular flexibility index (Phi) is 7.42. The van der Waals surface area contributed by atoms with E-state index in [1.54, 1.807) is 18.1 Å². The number of H-pyrrole nitrogens is 1. The Bertz CT molecular complexity index is 1790. The van der Waals surface area contributed by atoms with Gasteiger partial charge in [-0.15, -0.1) is 5.10 Å². The fraction of sp³-hybridized carbons (Fsp3) is 0.188. The largest absolute Gasteiger partial charge is 0.497 e. The van der Waals surface area contributed by atoms with Gasteiger partial charge < -0.3 is 14.1 Å². The summed E-state index contributed by atoms with van der Waals surface area (Å²) in [6.07, 6.45) is 1.65. The van der Waals surface area contributed by atoms with Crippen LogP contribution in [0.1, 0.15) is 39.9 Å². The molecule has 0 saturated carbocycles. The van der Waals surface area contributed by atoms with Gasteiger partial charge in [-0.3, -0.25) is 9.69 Å². The molecule has 1 N–H and O–H groups in total. The molecule has 6 aromatic rings. The van der Waals surface area contributed by atoms with Crippen LogP contribution in [0.2, 0.25) is 0 Å². The van der Waals surface area contributed by atoms with Gasteiger partial charge in [0.05, 0.1) is 26.5 Å². The lowest BCUT2D eigenvalue weighted by Crippen LogP contribution is -2.34. The highest BCUT2D eigenvalue weighted by Crippen LogP contribution is 2.31. The summed E-state index contributed by atoms with van der Waals surface area (Å²) < 4.78 is 12.9. The van der Waals surface area contributed by atoms with Crippen LogP contribution < -0.4 is 10.3 Å². The number of methoxy groups -OCH3 is 1. The minimum absolute atomic E-state index is 0.195. The average molecular weight is 547 g/mol. The Morgan fingerprint density at radius 1 is 0.951 bits per heavy atom. The second-order valence-electron chi connectivity index (χ2n) is 10.1. The Morgan fingerprint density at radius 2 is 1.78 bits per heavy atom. The van der Waals surface area contributed by atoms with E-state index in [9.17, 15) is 4.79 Å². The molecule has 41 heavy (non-hydrogen) atoms. The molecule has 0 saturated heterocycles. The minimum Gasteiger partial charge on any atom is -0.497 e. The summed E-state index contributed by atoms with van der Waals surface area (Å²) in [6, 6.07) is 29.1. The van der Waals surface area contributed by atoms with Crippen molar-refractivity contribution in [2.24, 2.45) is 0 Å². The molecule has 3 aromatic heterocycles. The molecule has 0 bridgehead atoms. The average Bonchev–Trinajstić information content (AvgIpc) is 3.67. The van der Waals surface area contributed by atoms with Gasteiger partial charge in [0.2, 0.25) is 0 Å². The number of fused-ring (bicyclic) bond motifs is 1. The van der Waals surface area contributed by atoms with Crippen LogP contribution in [0.4, 0.5) is 0 Å². The number of aromatic nitrogens is 5. The van der Waals surface area contributed by atoms with Crippen molar-refractivity contribution in [3.8, 4) is 5.75 Å². The van der Waals surface area contributed by atoms with Crippen molar-refractivity contribution in [2.45, 2.75) is 32.6 Å². The van der Waals surface area contributed by atoms with Gasteiger partial charge in [-0.2, -0.15) is 0 Å². The third-order valence-corrected chi connectivity index (χ3v) is 7.15. The second kappa shape index (κ2) is 11.6. The van der Waals surface area contributed by atoms with E-state index in [1.807, 2.05) is 91.9 Å². The van der Waals surface area contributed by atoms with Gasteiger partial charge in [-0.05, 0) is 76.3 Å². The van der Waals surface area contributed by atoms with Crippen LogP contribution in [0.15, 0.2) is 106 Å². The van der Waals surface area contributed by atoms with Gasteiger partial charge in [0.15, 0.2) is 5.82 Å². The van der Waals surface area contributed by atoms with Crippen LogP contribution in [0.25, 0.3) is 10.9 Å². The van der Waals surface area contributed by atoms with Crippen molar-refractivity contribution in [1.82, 2.24) is 30.1 Å². The molecule has 9 nitrogen and oxygen atoms in total. The second-order valence-corrected chi connectivity index (χ2v) is 10.1. The van der Waals surface area contributed by atoms with Crippen molar-refractivity contribution in [3.63, 3.8) is 0 Å². The maximum absolute atomic E-state index is 13.8. The molecular formula is C32H30N6O3. The Hall–Kier alpha value is -5.02. The third-order valence-electron chi connectivity index (χ3n) is 7.15. The monoisotopic (exact) mass is 546 g/mol. The van der Waals surface area contributed by atoms with Crippen molar-refractivity contribution in [2.75, 3.05) is 7.11 Å². The van der Waals surface area contributed by atoms with Crippen LogP contribution in [-0.2, 0) is 19.6 Å². The summed E-state index contributed by atoms with van der Waals surface area (Å²) in [6.45, 7) is 3.42. The maximum atomic E-state index is 13.8. The molecule has 3 aromatic carbocycles. The number of pyridine rings is 1.